The molecule has 0 atom stereocenters. The zero-order valence-corrected chi connectivity index (χ0v) is 20.9. The van der Waals surface area contributed by atoms with Crippen LogP contribution in [0.5, 0.6) is 5.75 Å². The molecule has 2 amide bonds. The Balaban J connectivity index is 1.33. The van der Waals surface area contributed by atoms with Gasteiger partial charge in [-0.25, -0.2) is 5.43 Å². The topological polar surface area (TPSA) is 79.8 Å². The number of nitrogens with one attached hydrogen (secondary N) is 2. The van der Waals surface area contributed by atoms with E-state index in [0.29, 0.717) is 18.0 Å². The highest BCUT2D eigenvalue weighted by atomic mass is 79.9. The summed E-state index contributed by atoms with van der Waals surface area (Å²) >= 11 is 3.37. The van der Waals surface area contributed by atoms with Gasteiger partial charge in [-0.3, -0.25) is 9.59 Å². The van der Waals surface area contributed by atoms with Crippen LogP contribution in [0.2, 0.25) is 0 Å². The minimum atomic E-state index is -0.846. The maximum absolute atomic E-state index is 12.2. The zero-order valence-electron chi connectivity index (χ0n) is 19.3. The first-order valence-electron chi connectivity index (χ1n) is 11.0. The van der Waals surface area contributed by atoms with E-state index in [-0.39, 0.29) is 0 Å². The number of fused-ring (bicyclic) bond motifs is 1. The van der Waals surface area contributed by atoms with Crippen molar-refractivity contribution in [3.05, 3.63) is 106 Å². The Morgan fingerprint density at radius 3 is 2.43 bits per heavy atom. The van der Waals surface area contributed by atoms with E-state index in [1.165, 1.54) is 10.8 Å². The van der Waals surface area contributed by atoms with Crippen LogP contribution < -0.4 is 15.5 Å². The van der Waals surface area contributed by atoms with Gasteiger partial charge in [0.05, 0.1) is 5.71 Å². The predicted molar refractivity (Wildman–Crippen MR) is 143 cm³/mol. The highest BCUT2D eigenvalue weighted by Gasteiger charge is 2.14. The first-order chi connectivity index (χ1) is 16.9. The second-order valence-corrected chi connectivity index (χ2v) is 8.92. The van der Waals surface area contributed by atoms with Gasteiger partial charge in [0.1, 0.15) is 12.4 Å². The largest absolute Gasteiger partial charge is 0.489 e. The van der Waals surface area contributed by atoms with Crippen LogP contribution in [-0.4, -0.2) is 17.5 Å². The van der Waals surface area contributed by atoms with E-state index in [2.05, 4.69) is 56.0 Å². The van der Waals surface area contributed by atoms with Crippen LogP contribution in [0, 0.1) is 6.92 Å². The number of rotatable bonds is 6. The lowest BCUT2D eigenvalue weighted by Gasteiger charge is -2.10. The van der Waals surface area contributed by atoms with E-state index >= 15 is 0 Å². The third kappa shape index (κ3) is 6.13. The molecule has 0 aliphatic heterocycles. The van der Waals surface area contributed by atoms with Crippen LogP contribution in [0.4, 0.5) is 5.69 Å². The SMILES string of the molecule is C/C(=N\NC(=O)C(=O)Nc1ccc(Br)cc1C)c1ccc(OCc2cccc3ccccc23)cc1. The number of carbonyl (C=O) groups is 2. The lowest BCUT2D eigenvalue weighted by atomic mass is 10.1. The molecule has 0 fully saturated rings. The zero-order chi connectivity index (χ0) is 24.8. The molecule has 0 aliphatic carbocycles. The average Bonchev–Trinajstić information content (AvgIpc) is 2.87. The predicted octanol–water partition coefficient (Wildman–Crippen LogP) is 5.97. The fourth-order valence-corrected chi connectivity index (χ4v) is 4.04. The van der Waals surface area contributed by atoms with Crippen molar-refractivity contribution in [2.24, 2.45) is 5.10 Å². The monoisotopic (exact) mass is 529 g/mol. The Morgan fingerprint density at radius 2 is 1.66 bits per heavy atom. The van der Waals surface area contributed by atoms with Gasteiger partial charge in [-0.2, -0.15) is 5.10 Å². The molecule has 0 radical (unpaired) electrons. The van der Waals surface area contributed by atoms with Crippen molar-refractivity contribution in [1.29, 1.82) is 0 Å². The molecular formula is C28H24BrN3O3. The van der Waals surface area contributed by atoms with Gasteiger partial charge in [-0.05, 0) is 83.8 Å². The molecule has 35 heavy (non-hydrogen) atoms. The molecule has 0 aromatic heterocycles. The molecule has 4 aromatic carbocycles. The van der Waals surface area contributed by atoms with Crippen LogP contribution in [0.25, 0.3) is 10.8 Å². The fraction of sp³-hybridized carbons (Fsp3) is 0.107. The molecule has 4 rings (SSSR count). The third-order valence-electron chi connectivity index (χ3n) is 5.51. The third-order valence-corrected chi connectivity index (χ3v) is 6.01. The second kappa shape index (κ2) is 11.0. The van der Waals surface area contributed by atoms with Crippen molar-refractivity contribution >= 4 is 49.9 Å². The molecule has 0 saturated carbocycles. The summed E-state index contributed by atoms with van der Waals surface area (Å²) < 4.78 is 6.86. The number of amides is 2. The standard InChI is InChI=1S/C28H24BrN3O3/c1-18-16-23(29)12-15-26(18)30-27(33)28(34)32-31-19(2)20-10-13-24(14-11-20)35-17-22-8-5-7-21-6-3-4-9-25(21)22/h3-16H,17H2,1-2H3,(H,30,33)(H,32,34)/b31-19+. The summed E-state index contributed by atoms with van der Waals surface area (Å²) in [5.41, 5.74) is 6.18. The van der Waals surface area contributed by atoms with Gasteiger partial charge >= 0.3 is 11.8 Å². The maximum atomic E-state index is 12.2. The summed E-state index contributed by atoms with van der Waals surface area (Å²) in [7, 11) is 0. The van der Waals surface area contributed by atoms with Crippen molar-refractivity contribution in [2.45, 2.75) is 20.5 Å². The summed E-state index contributed by atoms with van der Waals surface area (Å²) in [5, 5.41) is 9.00. The number of carbonyl (C=O) groups excluding carboxylic acids is 2. The number of aryl methyl sites for hydroxylation is 1. The summed E-state index contributed by atoms with van der Waals surface area (Å²) in [4.78, 5) is 24.4. The van der Waals surface area contributed by atoms with Gasteiger partial charge in [-0.15, -0.1) is 0 Å². The van der Waals surface area contributed by atoms with E-state index < -0.39 is 11.8 Å². The number of benzene rings is 4. The van der Waals surface area contributed by atoms with E-state index in [9.17, 15) is 9.59 Å². The molecule has 0 heterocycles. The highest BCUT2D eigenvalue weighted by Crippen LogP contribution is 2.22. The van der Waals surface area contributed by atoms with Crippen LogP contribution in [0.1, 0.15) is 23.6 Å². The maximum Gasteiger partial charge on any atom is 0.329 e. The number of nitrogens with zero attached hydrogens (tertiary/aromatic N) is 1. The number of anilines is 1. The molecule has 0 saturated heterocycles. The van der Waals surface area contributed by atoms with Crippen LogP contribution in [0.3, 0.4) is 0 Å². The molecule has 0 spiro atoms. The number of hydrogen-bond acceptors (Lipinski definition) is 4. The van der Waals surface area contributed by atoms with Crippen molar-refractivity contribution in [3.8, 4) is 5.75 Å². The van der Waals surface area contributed by atoms with Crippen LogP contribution in [-0.2, 0) is 16.2 Å². The summed E-state index contributed by atoms with van der Waals surface area (Å²) in [6.07, 6.45) is 0. The molecule has 7 heteroatoms. The van der Waals surface area contributed by atoms with E-state index in [1.54, 1.807) is 19.1 Å². The molecule has 0 bridgehead atoms. The van der Waals surface area contributed by atoms with Crippen LogP contribution in [0.15, 0.2) is 94.5 Å². The Morgan fingerprint density at radius 1 is 0.914 bits per heavy atom. The first kappa shape index (κ1) is 24.2. The van der Waals surface area contributed by atoms with Crippen molar-refractivity contribution in [3.63, 3.8) is 0 Å². The van der Waals surface area contributed by atoms with Gasteiger partial charge in [0.2, 0.25) is 0 Å². The summed E-state index contributed by atoms with van der Waals surface area (Å²) in [5.74, 6) is -0.909. The van der Waals surface area contributed by atoms with Gasteiger partial charge < -0.3 is 10.1 Å². The Bertz CT molecular complexity index is 1410. The Labute approximate surface area is 212 Å². The minimum Gasteiger partial charge on any atom is -0.489 e. The quantitative estimate of drug-likeness (QED) is 0.183. The molecule has 6 nitrogen and oxygen atoms in total. The molecule has 176 valence electrons. The minimum absolute atomic E-state index is 0.455. The van der Waals surface area contributed by atoms with Gasteiger partial charge in [-0.1, -0.05) is 58.4 Å². The van der Waals surface area contributed by atoms with E-state index in [0.717, 1.165) is 26.9 Å². The Hall–Kier alpha value is -3.97. The number of hydrogen-bond donors (Lipinski definition) is 2. The van der Waals surface area contributed by atoms with Gasteiger partial charge in [0.15, 0.2) is 0 Å². The lowest BCUT2D eigenvalue weighted by molar-refractivity contribution is -0.136. The Kier molecular flexibility index (Phi) is 7.57. The molecule has 4 aromatic rings. The highest BCUT2D eigenvalue weighted by molar-refractivity contribution is 9.10. The van der Waals surface area contributed by atoms with Crippen molar-refractivity contribution in [1.82, 2.24) is 5.43 Å². The number of halogens is 1. The molecular weight excluding hydrogens is 506 g/mol. The number of ether oxygens (including phenoxy) is 1. The molecule has 0 aliphatic rings. The van der Waals surface area contributed by atoms with Crippen molar-refractivity contribution < 1.29 is 14.3 Å². The number of hydrazone groups is 1. The normalized spacial score (nSPS) is 11.2. The van der Waals surface area contributed by atoms with Crippen LogP contribution >= 0.6 is 15.9 Å². The molecule has 2 N–H and O–H groups in total. The first-order valence-corrected chi connectivity index (χ1v) is 11.8. The van der Waals surface area contributed by atoms with Gasteiger partial charge in [0.25, 0.3) is 0 Å². The summed E-state index contributed by atoms with van der Waals surface area (Å²) in [6.45, 7) is 4.05. The average molecular weight is 530 g/mol. The lowest BCUT2D eigenvalue weighted by Crippen LogP contribution is -2.33. The summed E-state index contributed by atoms with van der Waals surface area (Å²) in [6, 6.07) is 27.2. The second-order valence-electron chi connectivity index (χ2n) is 8.00. The smallest absolute Gasteiger partial charge is 0.329 e. The van der Waals surface area contributed by atoms with E-state index in [4.69, 9.17) is 4.74 Å². The van der Waals surface area contributed by atoms with Crippen molar-refractivity contribution in [2.75, 3.05) is 5.32 Å². The fourth-order valence-electron chi connectivity index (χ4n) is 3.57. The van der Waals surface area contributed by atoms with Gasteiger partial charge in [0, 0.05) is 10.2 Å². The van der Waals surface area contributed by atoms with E-state index in [1.807, 2.05) is 55.5 Å². The molecule has 0 unspecified atom stereocenters.